The zero-order valence-corrected chi connectivity index (χ0v) is 16.9. The number of hydrogen-bond donors (Lipinski definition) is 0. The van der Waals surface area contributed by atoms with Crippen molar-refractivity contribution < 1.29 is 4.79 Å². The van der Waals surface area contributed by atoms with Gasteiger partial charge in [0.1, 0.15) is 0 Å². The summed E-state index contributed by atoms with van der Waals surface area (Å²) in [6.45, 7) is 8.94. The number of aromatic nitrogens is 2. The van der Waals surface area contributed by atoms with Gasteiger partial charge in [0, 0.05) is 35.3 Å². The molecule has 27 heavy (non-hydrogen) atoms. The largest absolute Gasteiger partial charge is 0.332 e. The number of nitrogens with zero attached hydrogens (tertiary/aromatic N) is 4. The van der Waals surface area contributed by atoms with E-state index in [2.05, 4.69) is 23.4 Å². The highest BCUT2D eigenvalue weighted by Gasteiger charge is 2.29. The van der Waals surface area contributed by atoms with Crippen molar-refractivity contribution in [3.05, 3.63) is 51.8 Å². The minimum atomic E-state index is 0.0424. The molecule has 1 fully saturated rings. The highest BCUT2D eigenvalue weighted by molar-refractivity contribution is 6.30. The van der Waals surface area contributed by atoms with E-state index in [-0.39, 0.29) is 11.9 Å². The molecule has 144 valence electrons. The Labute approximate surface area is 165 Å². The van der Waals surface area contributed by atoms with Crippen molar-refractivity contribution in [3.63, 3.8) is 0 Å². The zero-order valence-electron chi connectivity index (χ0n) is 16.1. The van der Waals surface area contributed by atoms with E-state index in [1.807, 2.05) is 17.0 Å². The Morgan fingerprint density at radius 1 is 1.22 bits per heavy atom. The predicted octanol–water partition coefficient (Wildman–Crippen LogP) is 3.91. The second-order valence-electron chi connectivity index (χ2n) is 7.88. The Morgan fingerprint density at radius 3 is 2.70 bits per heavy atom. The van der Waals surface area contributed by atoms with Crippen LogP contribution in [0.3, 0.4) is 0 Å². The lowest BCUT2D eigenvalue weighted by atomic mass is 10.0. The molecule has 1 saturated heterocycles. The summed E-state index contributed by atoms with van der Waals surface area (Å²) in [5.41, 5.74) is 4.40. The summed E-state index contributed by atoms with van der Waals surface area (Å²) in [6, 6.07) is 7.50. The van der Waals surface area contributed by atoms with Crippen LogP contribution in [0.15, 0.2) is 24.3 Å². The SMILES string of the molecule is CC(C)n1nc(CN2CCCC2)c2c1CN(C(=O)c1cccc(Cl)c1)CC2. The average molecular weight is 387 g/mol. The van der Waals surface area contributed by atoms with E-state index in [0.717, 1.165) is 19.5 Å². The van der Waals surface area contributed by atoms with E-state index in [1.165, 1.54) is 42.9 Å². The Bertz CT molecular complexity index is 839. The molecule has 1 aromatic heterocycles. The van der Waals surface area contributed by atoms with Gasteiger partial charge in [0.25, 0.3) is 5.91 Å². The van der Waals surface area contributed by atoms with Gasteiger partial charge in [-0.15, -0.1) is 0 Å². The maximum atomic E-state index is 13.0. The first kappa shape index (κ1) is 18.5. The number of hydrogen-bond acceptors (Lipinski definition) is 3. The monoisotopic (exact) mass is 386 g/mol. The van der Waals surface area contributed by atoms with Gasteiger partial charge < -0.3 is 4.90 Å². The Morgan fingerprint density at radius 2 is 2.00 bits per heavy atom. The number of carbonyl (C=O) groups is 1. The van der Waals surface area contributed by atoms with Gasteiger partial charge in [-0.25, -0.2) is 0 Å². The van der Waals surface area contributed by atoms with Crippen LogP contribution in [0, 0.1) is 0 Å². The van der Waals surface area contributed by atoms with E-state index >= 15 is 0 Å². The van der Waals surface area contributed by atoms with Crippen molar-refractivity contribution >= 4 is 17.5 Å². The fraction of sp³-hybridized carbons (Fsp3) is 0.524. The Hall–Kier alpha value is -1.85. The van der Waals surface area contributed by atoms with Crippen LogP contribution in [0.25, 0.3) is 0 Å². The summed E-state index contributed by atoms with van der Waals surface area (Å²) in [6.07, 6.45) is 3.45. The first-order valence-electron chi connectivity index (χ1n) is 9.89. The van der Waals surface area contributed by atoms with Crippen molar-refractivity contribution in [1.29, 1.82) is 0 Å². The first-order valence-corrected chi connectivity index (χ1v) is 10.3. The molecule has 0 radical (unpaired) electrons. The van der Waals surface area contributed by atoms with Crippen LogP contribution in [0.4, 0.5) is 0 Å². The van der Waals surface area contributed by atoms with Crippen molar-refractivity contribution in [2.75, 3.05) is 19.6 Å². The maximum Gasteiger partial charge on any atom is 0.254 e. The number of amides is 1. The zero-order chi connectivity index (χ0) is 19.0. The van der Waals surface area contributed by atoms with Gasteiger partial charge >= 0.3 is 0 Å². The molecular formula is C21H27ClN4O. The van der Waals surface area contributed by atoms with Crippen molar-refractivity contribution in [2.24, 2.45) is 0 Å². The van der Waals surface area contributed by atoms with Gasteiger partial charge in [0.05, 0.1) is 17.9 Å². The molecule has 2 aromatic rings. The van der Waals surface area contributed by atoms with Gasteiger partial charge in [-0.1, -0.05) is 17.7 Å². The number of carbonyl (C=O) groups excluding carboxylic acids is 1. The Balaban J connectivity index is 1.59. The van der Waals surface area contributed by atoms with Crippen LogP contribution >= 0.6 is 11.6 Å². The normalized spacial score (nSPS) is 17.6. The minimum Gasteiger partial charge on any atom is -0.332 e. The first-order chi connectivity index (χ1) is 13.0. The summed E-state index contributed by atoms with van der Waals surface area (Å²) in [7, 11) is 0. The number of fused-ring (bicyclic) bond motifs is 1. The van der Waals surface area contributed by atoms with Crippen molar-refractivity contribution in [3.8, 4) is 0 Å². The summed E-state index contributed by atoms with van der Waals surface area (Å²) < 4.78 is 2.12. The number of halogens is 1. The molecule has 2 aliphatic heterocycles. The molecule has 1 amide bonds. The van der Waals surface area contributed by atoms with Gasteiger partial charge in [0.2, 0.25) is 0 Å². The van der Waals surface area contributed by atoms with Gasteiger partial charge in [0.15, 0.2) is 0 Å². The smallest absolute Gasteiger partial charge is 0.254 e. The highest BCUT2D eigenvalue weighted by Crippen LogP contribution is 2.28. The van der Waals surface area contributed by atoms with Gasteiger partial charge in [-0.3, -0.25) is 14.4 Å². The van der Waals surface area contributed by atoms with Gasteiger partial charge in [-0.2, -0.15) is 5.10 Å². The number of rotatable bonds is 4. The lowest BCUT2D eigenvalue weighted by Crippen LogP contribution is -2.37. The molecular weight excluding hydrogens is 360 g/mol. The molecule has 6 heteroatoms. The van der Waals surface area contributed by atoms with E-state index in [9.17, 15) is 4.79 Å². The minimum absolute atomic E-state index is 0.0424. The van der Waals surface area contributed by atoms with Crippen LogP contribution in [-0.2, 0) is 19.5 Å². The van der Waals surface area contributed by atoms with Gasteiger partial charge in [-0.05, 0) is 64.4 Å². The topological polar surface area (TPSA) is 41.4 Å². The fourth-order valence-corrected chi connectivity index (χ4v) is 4.39. The highest BCUT2D eigenvalue weighted by atomic mass is 35.5. The van der Waals surface area contributed by atoms with E-state index < -0.39 is 0 Å². The molecule has 0 saturated carbocycles. The average Bonchev–Trinajstić information content (AvgIpc) is 3.29. The van der Waals surface area contributed by atoms with Crippen molar-refractivity contribution in [2.45, 2.75) is 52.2 Å². The van der Waals surface area contributed by atoms with E-state index in [0.29, 0.717) is 17.1 Å². The lowest BCUT2D eigenvalue weighted by molar-refractivity contribution is 0.0728. The molecule has 2 aliphatic rings. The molecule has 0 aliphatic carbocycles. The molecule has 0 bridgehead atoms. The molecule has 0 unspecified atom stereocenters. The van der Waals surface area contributed by atoms with Crippen LogP contribution in [0.1, 0.15) is 60.0 Å². The Kier molecular flexibility index (Phi) is 5.24. The van der Waals surface area contributed by atoms with E-state index in [1.54, 1.807) is 12.1 Å². The molecule has 5 nitrogen and oxygen atoms in total. The van der Waals surface area contributed by atoms with Crippen LogP contribution < -0.4 is 0 Å². The predicted molar refractivity (Wildman–Crippen MR) is 107 cm³/mol. The van der Waals surface area contributed by atoms with Crippen LogP contribution in [0.2, 0.25) is 5.02 Å². The third-order valence-corrected chi connectivity index (χ3v) is 5.83. The molecule has 0 atom stereocenters. The van der Waals surface area contributed by atoms with Crippen LogP contribution in [0.5, 0.6) is 0 Å². The quantitative estimate of drug-likeness (QED) is 0.799. The molecule has 3 heterocycles. The summed E-state index contributed by atoms with van der Waals surface area (Å²) in [5.74, 6) is 0.0424. The van der Waals surface area contributed by atoms with Crippen molar-refractivity contribution in [1.82, 2.24) is 19.6 Å². The lowest BCUT2D eigenvalue weighted by Gasteiger charge is -2.29. The summed E-state index contributed by atoms with van der Waals surface area (Å²) >= 11 is 6.07. The summed E-state index contributed by atoms with van der Waals surface area (Å²) in [5, 5.41) is 5.55. The third-order valence-electron chi connectivity index (χ3n) is 5.59. The second-order valence-corrected chi connectivity index (χ2v) is 8.32. The molecule has 0 spiro atoms. The van der Waals surface area contributed by atoms with E-state index in [4.69, 9.17) is 16.7 Å². The summed E-state index contributed by atoms with van der Waals surface area (Å²) in [4.78, 5) is 17.4. The standard InChI is InChI=1S/C21H27ClN4O/c1-15(2)26-20-14-25(21(27)16-6-5-7-17(22)12-16)11-8-18(20)19(23-26)13-24-9-3-4-10-24/h5-7,12,15H,3-4,8-11,13-14H2,1-2H3. The second kappa shape index (κ2) is 7.64. The molecule has 0 N–H and O–H groups in total. The fourth-order valence-electron chi connectivity index (χ4n) is 4.20. The number of likely N-dealkylation sites (tertiary alicyclic amines) is 1. The molecule has 4 rings (SSSR count). The maximum absolute atomic E-state index is 13.0. The molecule has 1 aromatic carbocycles. The number of benzene rings is 1. The van der Waals surface area contributed by atoms with Crippen LogP contribution in [-0.4, -0.2) is 45.1 Å². The third kappa shape index (κ3) is 3.76.